The second-order valence-corrected chi connectivity index (χ2v) is 6.04. The zero-order chi connectivity index (χ0) is 16.2. The van der Waals surface area contributed by atoms with E-state index in [1.807, 2.05) is 6.92 Å². The molecule has 0 unspecified atom stereocenters. The van der Waals surface area contributed by atoms with Crippen molar-refractivity contribution in [2.24, 2.45) is 5.41 Å². The number of pyridine rings is 1. The van der Waals surface area contributed by atoms with E-state index in [1.54, 1.807) is 23.2 Å². The van der Waals surface area contributed by atoms with Crippen molar-refractivity contribution in [3.05, 3.63) is 34.7 Å². The molecule has 2 N–H and O–H groups in total. The highest BCUT2D eigenvalue weighted by atomic mass is 16.3. The van der Waals surface area contributed by atoms with Gasteiger partial charge in [0, 0.05) is 30.8 Å². The van der Waals surface area contributed by atoms with Gasteiger partial charge in [-0.3, -0.25) is 9.59 Å². The number of hydrogen-bond acceptors (Lipinski definition) is 4. The van der Waals surface area contributed by atoms with Gasteiger partial charge in [-0.1, -0.05) is 19.4 Å². The van der Waals surface area contributed by atoms with Crippen LogP contribution in [-0.2, 0) is 11.3 Å². The van der Waals surface area contributed by atoms with Crippen molar-refractivity contribution in [3.8, 4) is 0 Å². The van der Waals surface area contributed by atoms with E-state index in [-0.39, 0.29) is 31.2 Å². The molecule has 1 aliphatic heterocycles. The molecule has 122 valence electrons. The molecule has 1 aromatic rings. The van der Waals surface area contributed by atoms with Crippen LogP contribution in [0.25, 0.3) is 0 Å². The lowest BCUT2D eigenvalue weighted by atomic mass is 9.73. The number of aliphatic hydroxyl groups excluding tert-OH is 2. The summed E-state index contributed by atoms with van der Waals surface area (Å²) >= 11 is 0. The summed E-state index contributed by atoms with van der Waals surface area (Å²) in [5.74, 6) is -0.185. The maximum atomic E-state index is 12.3. The normalized spacial score (nSPS) is 25.2. The van der Waals surface area contributed by atoms with Gasteiger partial charge in [-0.05, 0) is 18.9 Å². The summed E-state index contributed by atoms with van der Waals surface area (Å²) in [6.07, 6.45) is 3.04. The highest BCUT2D eigenvalue weighted by molar-refractivity contribution is 5.76. The summed E-state index contributed by atoms with van der Waals surface area (Å²) < 4.78 is 1.36. The zero-order valence-corrected chi connectivity index (χ0v) is 12.9. The van der Waals surface area contributed by atoms with Crippen LogP contribution in [-0.4, -0.2) is 51.4 Å². The van der Waals surface area contributed by atoms with Crippen LogP contribution in [0.2, 0.25) is 0 Å². The Labute approximate surface area is 130 Å². The number of rotatable bonds is 5. The molecule has 2 rings (SSSR count). The summed E-state index contributed by atoms with van der Waals surface area (Å²) in [6, 6.07) is 4.75. The summed E-state index contributed by atoms with van der Waals surface area (Å²) in [5, 5.41) is 20.0. The molecule has 0 saturated carbocycles. The predicted octanol–water partition coefficient (Wildman–Crippen LogP) is 0.220. The second kappa shape index (κ2) is 7.07. The van der Waals surface area contributed by atoms with Gasteiger partial charge in [0.1, 0.15) is 6.54 Å². The number of carbonyl (C=O) groups excluding carboxylic acids is 1. The maximum absolute atomic E-state index is 12.3. The molecular weight excluding hydrogens is 284 g/mol. The van der Waals surface area contributed by atoms with Gasteiger partial charge >= 0.3 is 0 Å². The number of aliphatic hydroxyl groups is 2. The summed E-state index contributed by atoms with van der Waals surface area (Å²) in [4.78, 5) is 25.5. The number of nitrogens with zero attached hydrogens (tertiary/aromatic N) is 2. The first kappa shape index (κ1) is 16.7. The van der Waals surface area contributed by atoms with Gasteiger partial charge in [0.05, 0.1) is 12.7 Å². The van der Waals surface area contributed by atoms with Crippen LogP contribution in [0, 0.1) is 5.41 Å². The van der Waals surface area contributed by atoms with Gasteiger partial charge in [0.2, 0.25) is 5.91 Å². The van der Waals surface area contributed by atoms with Crippen LogP contribution in [0.15, 0.2) is 29.2 Å². The van der Waals surface area contributed by atoms with Crippen molar-refractivity contribution in [3.63, 3.8) is 0 Å². The van der Waals surface area contributed by atoms with Crippen molar-refractivity contribution in [2.45, 2.75) is 38.8 Å². The molecule has 1 amide bonds. The average Bonchev–Trinajstić information content (AvgIpc) is 2.51. The fourth-order valence-electron chi connectivity index (χ4n) is 3.13. The van der Waals surface area contributed by atoms with E-state index in [4.69, 9.17) is 0 Å². The third-order valence-corrected chi connectivity index (χ3v) is 4.60. The fraction of sp³-hybridized carbons (Fsp3) is 0.625. The van der Waals surface area contributed by atoms with Gasteiger partial charge < -0.3 is 19.7 Å². The van der Waals surface area contributed by atoms with E-state index in [9.17, 15) is 19.8 Å². The summed E-state index contributed by atoms with van der Waals surface area (Å²) in [7, 11) is 0. The van der Waals surface area contributed by atoms with Crippen molar-refractivity contribution in [2.75, 3.05) is 19.7 Å². The molecule has 22 heavy (non-hydrogen) atoms. The van der Waals surface area contributed by atoms with Gasteiger partial charge in [-0.25, -0.2) is 0 Å². The number of β-amino-alcohol motifs (C(OH)–C–C–N with tert-alkyl or cyclic N) is 1. The van der Waals surface area contributed by atoms with E-state index in [0.29, 0.717) is 13.0 Å². The van der Waals surface area contributed by atoms with E-state index in [1.165, 1.54) is 10.6 Å². The fourth-order valence-corrected chi connectivity index (χ4v) is 3.13. The van der Waals surface area contributed by atoms with Gasteiger partial charge in [-0.2, -0.15) is 0 Å². The lowest BCUT2D eigenvalue weighted by molar-refractivity contribution is -0.142. The van der Waals surface area contributed by atoms with Gasteiger partial charge in [0.25, 0.3) is 5.56 Å². The minimum atomic E-state index is -0.734. The third kappa shape index (κ3) is 3.39. The van der Waals surface area contributed by atoms with Gasteiger partial charge in [-0.15, -0.1) is 0 Å². The average molecular weight is 308 g/mol. The lowest BCUT2D eigenvalue weighted by Gasteiger charge is -2.44. The predicted molar refractivity (Wildman–Crippen MR) is 82.3 cm³/mol. The van der Waals surface area contributed by atoms with Crippen molar-refractivity contribution < 1.29 is 15.0 Å². The molecule has 6 nitrogen and oxygen atoms in total. The Morgan fingerprint density at radius 2 is 2.23 bits per heavy atom. The molecule has 1 saturated heterocycles. The molecule has 0 spiro atoms. The second-order valence-electron chi connectivity index (χ2n) is 6.04. The first-order valence-electron chi connectivity index (χ1n) is 7.74. The van der Waals surface area contributed by atoms with E-state index in [0.717, 1.165) is 12.8 Å². The first-order chi connectivity index (χ1) is 10.5. The zero-order valence-electron chi connectivity index (χ0n) is 12.9. The molecule has 0 radical (unpaired) electrons. The van der Waals surface area contributed by atoms with E-state index < -0.39 is 11.5 Å². The molecule has 6 heteroatoms. The summed E-state index contributed by atoms with van der Waals surface area (Å²) in [6.45, 7) is 2.64. The largest absolute Gasteiger partial charge is 0.396 e. The van der Waals surface area contributed by atoms with Crippen molar-refractivity contribution in [1.29, 1.82) is 0 Å². The van der Waals surface area contributed by atoms with E-state index >= 15 is 0 Å². The standard InChI is InChI=1S/C16H24N2O4/c1-2-6-16(12-19)7-9-18(10-13(16)20)15(22)11-17-8-4-3-5-14(17)21/h3-5,8,13,19-20H,2,6-7,9-12H2,1H3/t13-,16-/m1/s1. The number of amides is 1. The maximum Gasteiger partial charge on any atom is 0.250 e. The SMILES string of the molecule is CCC[C@]1(CO)CCN(C(=O)Cn2ccccc2=O)C[C@H]1O. The molecule has 0 aliphatic carbocycles. The quantitative estimate of drug-likeness (QED) is 0.815. The Bertz CT molecular complexity index is 571. The number of carbonyl (C=O) groups is 1. The number of piperidine rings is 1. The van der Waals surface area contributed by atoms with Crippen LogP contribution < -0.4 is 5.56 Å². The van der Waals surface area contributed by atoms with Gasteiger partial charge in [0.15, 0.2) is 0 Å². The number of likely N-dealkylation sites (tertiary alicyclic amines) is 1. The van der Waals surface area contributed by atoms with Crippen LogP contribution in [0.4, 0.5) is 0 Å². The Kier molecular flexibility index (Phi) is 5.37. The molecule has 0 bridgehead atoms. The first-order valence-corrected chi connectivity index (χ1v) is 7.74. The molecular formula is C16H24N2O4. The topological polar surface area (TPSA) is 82.8 Å². The monoisotopic (exact) mass is 308 g/mol. The van der Waals surface area contributed by atoms with Crippen LogP contribution in [0.1, 0.15) is 26.2 Å². The van der Waals surface area contributed by atoms with Crippen LogP contribution in [0.5, 0.6) is 0 Å². The van der Waals surface area contributed by atoms with Crippen LogP contribution >= 0.6 is 0 Å². The minimum Gasteiger partial charge on any atom is -0.396 e. The highest BCUT2D eigenvalue weighted by Gasteiger charge is 2.42. The number of hydrogen-bond donors (Lipinski definition) is 2. The Morgan fingerprint density at radius 3 is 2.82 bits per heavy atom. The molecule has 2 heterocycles. The molecule has 1 fully saturated rings. The van der Waals surface area contributed by atoms with E-state index in [2.05, 4.69) is 0 Å². The number of aromatic nitrogens is 1. The Balaban J connectivity index is 2.02. The van der Waals surface area contributed by atoms with Crippen molar-refractivity contribution in [1.82, 2.24) is 9.47 Å². The Morgan fingerprint density at radius 1 is 1.45 bits per heavy atom. The third-order valence-electron chi connectivity index (χ3n) is 4.60. The lowest BCUT2D eigenvalue weighted by Crippen LogP contribution is -2.54. The summed E-state index contributed by atoms with van der Waals surface area (Å²) in [5.41, 5.74) is -0.723. The molecule has 1 aromatic heterocycles. The minimum absolute atomic E-state index is 0.0215. The smallest absolute Gasteiger partial charge is 0.250 e. The molecule has 0 aromatic carbocycles. The highest BCUT2D eigenvalue weighted by Crippen LogP contribution is 2.36. The molecule has 2 atom stereocenters. The van der Waals surface area contributed by atoms with Crippen LogP contribution in [0.3, 0.4) is 0 Å². The van der Waals surface area contributed by atoms with Crippen molar-refractivity contribution >= 4 is 5.91 Å². The molecule has 1 aliphatic rings. The Hall–Kier alpha value is -1.66.